The Morgan fingerprint density at radius 1 is 1.12 bits per heavy atom. The SMILES string of the molecule is CCOc1cc([C@@H]2NC(=O)NC(C)=C2C(=O)OC)ccc1OC[C@H](O)N/N=C\c1cc(I)c(OCc2cccc([N+](=O)[O-])c2)c(OC)c1. The Morgan fingerprint density at radius 3 is 2.62 bits per heavy atom. The lowest BCUT2D eigenvalue weighted by molar-refractivity contribution is -0.384. The standard InChI is InChI=1S/C32H34IN5O10/c1-5-46-25-14-21(29-28(31(40)45-4)18(2)35-32(41)36-29)9-10-24(25)47-17-27(39)37-34-15-20-12-23(33)30(26(13-20)44-3)48-16-19-7-6-8-22(11-19)38(42)43/h6-15,27,29,37,39H,5,16-17H2,1-4H3,(H2,35,36,41)/b34-15-/t27-,29-/m0/s1. The van der Waals surface area contributed by atoms with Gasteiger partial charge in [0.1, 0.15) is 13.2 Å². The first kappa shape index (κ1) is 35.7. The van der Waals surface area contributed by atoms with E-state index in [4.69, 9.17) is 23.7 Å². The first-order valence-electron chi connectivity index (χ1n) is 14.5. The number of rotatable bonds is 15. The van der Waals surface area contributed by atoms with Crippen molar-refractivity contribution in [2.24, 2.45) is 5.10 Å². The van der Waals surface area contributed by atoms with Gasteiger partial charge < -0.3 is 39.4 Å². The first-order valence-corrected chi connectivity index (χ1v) is 15.6. The molecule has 4 rings (SSSR count). The van der Waals surface area contributed by atoms with Crippen molar-refractivity contribution in [1.82, 2.24) is 16.1 Å². The summed E-state index contributed by atoms with van der Waals surface area (Å²) in [5.41, 5.74) is 5.05. The number of methoxy groups -OCH3 is 2. The number of aliphatic hydroxyl groups is 1. The number of carbonyl (C=O) groups excluding carboxylic acids is 2. The van der Waals surface area contributed by atoms with E-state index in [9.17, 15) is 24.8 Å². The predicted molar refractivity (Wildman–Crippen MR) is 182 cm³/mol. The molecule has 0 radical (unpaired) electrons. The molecule has 0 aromatic heterocycles. The minimum atomic E-state index is -1.20. The first-order chi connectivity index (χ1) is 23.0. The predicted octanol–water partition coefficient (Wildman–Crippen LogP) is 4.31. The van der Waals surface area contributed by atoms with Crippen LogP contribution < -0.4 is 35.0 Å². The Morgan fingerprint density at radius 2 is 1.92 bits per heavy atom. The molecule has 0 unspecified atom stereocenters. The second-order valence-electron chi connectivity index (χ2n) is 10.2. The minimum Gasteiger partial charge on any atom is -0.493 e. The molecule has 15 nitrogen and oxygen atoms in total. The molecule has 0 saturated carbocycles. The maximum Gasteiger partial charge on any atom is 0.337 e. The number of nitro benzene ring substituents is 1. The molecule has 1 aliphatic rings. The van der Waals surface area contributed by atoms with Crippen molar-refractivity contribution in [3.8, 4) is 23.0 Å². The van der Waals surface area contributed by atoms with Crippen LogP contribution in [-0.4, -0.2) is 61.9 Å². The fourth-order valence-electron chi connectivity index (χ4n) is 4.69. The van der Waals surface area contributed by atoms with E-state index in [1.54, 1.807) is 56.3 Å². The normalized spacial score (nSPS) is 14.9. The molecule has 0 aliphatic carbocycles. The van der Waals surface area contributed by atoms with Crippen molar-refractivity contribution in [3.63, 3.8) is 0 Å². The fraction of sp³-hybridized carbons (Fsp3) is 0.281. The molecule has 2 amide bonds. The molecule has 2 atom stereocenters. The number of hydrogen-bond donors (Lipinski definition) is 4. The van der Waals surface area contributed by atoms with E-state index in [1.807, 2.05) is 0 Å². The van der Waals surface area contributed by atoms with Gasteiger partial charge >= 0.3 is 12.0 Å². The lowest BCUT2D eigenvalue weighted by atomic mass is 9.95. The zero-order valence-electron chi connectivity index (χ0n) is 26.4. The van der Waals surface area contributed by atoms with Gasteiger partial charge in [-0.1, -0.05) is 18.2 Å². The third-order valence-electron chi connectivity index (χ3n) is 6.87. The molecule has 0 bridgehead atoms. The molecule has 3 aromatic carbocycles. The summed E-state index contributed by atoms with van der Waals surface area (Å²) in [4.78, 5) is 35.2. The Hall–Kier alpha value is -5.10. The van der Waals surface area contributed by atoms with Crippen molar-refractivity contribution in [2.75, 3.05) is 27.4 Å². The largest absolute Gasteiger partial charge is 0.493 e. The molecule has 48 heavy (non-hydrogen) atoms. The zero-order valence-corrected chi connectivity index (χ0v) is 28.6. The van der Waals surface area contributed by atoms with Gasteiger partial charge in [0.05, 0.1) is 47.1 Å². The second-order valence-corrected chi connectivity index (χ2v) is 11.3. The van der Waals surface area contributed by atoms with Crippen LogP contribution in [0.15, 0.2) is 71.0 Å². The Labute approximate surface area is 289 Å². The van der Waals surface area contributed by atoms with Gasteiger partial charge in [-0.05, 0) is 77.4 Å². The quantitative estimate of drug-likeness (QED) is 0.0430. The molecule has 254 valence electrons. The number of ether oxygens (including phenoxy) is 5. The highest BCUT2D eigenvalue weighted by Gasteiger charge is 2.32. The average Bonchev–Trinajstić information content (AvgIpc) is 3.06. The van der Waals surface area contributed by atoms with Gasteiger partial charge in [0.2, 0.25) is 0 Å². The number of hydrogen-bond acceptors (Lipinski definition) is 12. The fourth-order valence-corrected chi connectivity index (χ4v) is 5.47. The van der Waals surface area contributed by atoms with Crippen LogP contribution in [0.4, 0.5) is 10.5 Å². The van der Waals surface area contributed by atoms with Crippen molar-refractivity contribution < 1.29 is 43.3 Å². The minimum absolute atomic E-state index is 0.0239. The summed E-state index contributed by atoms with van der Waals surface area (Å²) in [6.45, 7) is 3.62. The Balaban J connectivity index is 1.39. The Bertz CT molecular complexity index is 1730. The van der Waals surface area contributed by atoms with Crippen molar-refractivity contribution in [3.05, 3.63) is 96.2 Å². The number of allylic oxidation sites excluding steroid dienone is 1. The van der Waals surface area contributed by atoms with E-state index < -0.39 is 29.2 Å². The summed E-state index contributed by atoms with van der Waals surface area (Å²) in [5, 5.41) is 31.0. The van der Waals surface area contributed by atoms with Gasteiger partial charge in [-0.3, -0.25) is 15.5 Å². The summed E-state index contributed by atoms with van der Waals surface area (Å²) in [5.74, 6) is 0.974. The summed E-state index contributed by atoms with van der Waals surface area (Å²) in [7, 11) is 2.76. The molecule has 1 heterocycles. The second kappa shape index (κ2) is 16.6. The lowest BCUT2D eigenvalue weighted by Gasteiger charge is -2.28. The van der Waals surface area contributed by atoms with Gasteiger partial charge in [0.15, 0.2) is 29.2 Å². The highest BCUT2D eigenvalue weighted by atomic mass is 127. The van der Waals surface area contributed by atoms with Crippen LogP contribution in [0.1, 0.15) is 36.6 Å². The Kier molecular flexibility index (Phi) is 12.4. The number of amides is 2. The van der Waals surface area contributed by atoms with Gasteiger partial charge in [-0.15, -0.1) is 0 Å². The van der Waals surface area contributed by atoms with Crippen LogP contribution in [0.5, 0.6) is 23.0 Å². The van der Waals surface area contributed by atoms with Crippen LogP contribution in [0, 0.1) is 13.7 Å². The average molecular weight is 776 g/mol. The van der Waals surface area contributed by atoms with E-state index in [2.05, 4.69) is 43.8 Å². The molecular weight excluding hydrogens is 741 g/mol. The van der Waals surface area contributed by atoms with Crippen LogP contribution in [0.3, 0.4) is 0 Å². The number of halogens is 1. The van der Waals surface area contributed by atoms with Crippen molar-refractivity contribution in [1.29, 1.82) is 0 Å². The van der Waals surface area contributed by atoms with Crippen LogP contribution in [-0.2, 0) is 16.1 Å². The number of urea groups is 1. The van der Waals surface area contributed by atoms with Gasteiger partial charge in [0, 0.05) is 17.8 Å². The zero-order chi connectivity index (χ0) is 34.8. The number of non-ortho nitro benzene ring substituents is 1. The number of esters is 1. The summed E-state index contributed by atoms with van der Waals surface area (Å²) in [6, 6.07) is 13.4. The molecule has 3 aromatic rings. The third kappa shape index (κ3) is 9.03. The summed E-state index contributed by atoms with van der Waals surface area (Å²) in [6.07, 6.45) is 0.287. The molecule has 0 fully saturated rings. The van der Waals surface area contributed by atoms with E-state index in [0.717, 1.165) is 0 Å². The van der Waals surface area contributed by atoms with Crippen molar-refractivity contribution in [2.45, 2.75) is 32.7 Å². The monoisotopic (exact) mass is 775 g/mol. The van der Waals surface area contributed by atoms with Crippen LogP contribution >= 0.6 is 22.6 Å². The van der Waals surface area contributed by atoms with E-state index in [-0.39, 0.29) is 24.5 Å². The number of benzene rings is 3. The van der Waals surface area contributed by atoms with Gasteiger partial charge in [-0.2, -0.15) is 5.10 Å². The number of nitro groups is 1. The van der Waals surface area contributed by atoms with Crippen molar-refractivity contribution >= 4 is 46.5 Å². The van der Waals surface area contributed by atoms with Gasteiger partial charge in [0.25, 0.3) is 5.69 Å². The smallest absolute Gasteiger partial charge is 0.337 e. The summed E-state index contributed by atoms with van der Waals surface area (Å²) < 4.78 is 28.6. The molecule has 1 aliphatic heterocycles. The molecule has 0 spiro atoms. The maximum absolute atomic E-state index is 12.5. The maximum atomic E-state index is 12.5. The summed E-state index contributed by atoms with van der Waals surface area (Å²) >= 11 is 2.09. The van der Waals surface area contributed by atoms with E-state index >= 15 is 0 Å². The number of hydrazone groups is 1. The van der Waals surface area contributed by atoms with Crippen LogP contribution in [0.25, 0.3) is 0 Å². The van der Waals surface area contributed by atoms with E-state index in [1.165, 1.54) is 32.6 Å². The number of carbonyl (C=O) groups is 2. The number of aliphatic hydroxyl groups excluding tert-OH is 1. The van der Waals surface area contributed by atoms with Crippen LogP contribution in [0.2, 0.25) is 0 Å². The molecule has 16 heteroatoms. The third-order valence-corrected chi connectivity index (χ3v) is 7.67. The molecule has 0 saturated heterocycles. The van der Waals surface area contributed by atoms with Gasteiger partial charge in [-0.25, -0.2) is 9.59 Å². The number of nitrogens with one attached hydrogen (secondary N) is 3. The highest BCUT2D eigenvalue weighted by molar-refractivity contribution is 14.1. The topological polar surface area (TPSA) is 192 Å². The van der Waals surface area contributed by atoms with E-state index in [0.29, 0.717) is 55.6 Å². The highest BCUT2D eigenvalue weighted by Crippen LogP contribution is 2.36. The lowest BCUT2D eigenvalue weighted by Crippen LogP contribution is -2.45. The molecular formula is C32H34IN5O10. The number of nitrogens with zero attached hydrogens (tertiary/aromatic N) is 2. The molecule has 4 N–H and O–H groups in total.